The van der Waals surface area contributed by atoms with Crippen LogP contribution in [0.2, 0.25) is 0 Å². The first-order valence-electron chi connectivity index (χ1n) is 5.25. The minimum absolute atomic E-state index is 0.323. The number of carbonyl (C=O) groups excluding carboxylic acids is 1. The lowest BCUT2D eigenvalue weighted by molar-refractivity contribution is -0.127. The maximum absolute atomic E-state index is 11.3. The van der Waals surface area contributed by atoms with Gasteiger partial charge in [0.2, 0.25) is 5.91 Å². The number of amides is 1. The van der Waals surface area contributed by atoms with Gasteiger partial charge in [0.1, 0.15) is 0 Å². The molecule has 13 heavy (non-hydrogen) atoms. The van der Waals surface area contributed by atoms with Gasteiger partial charge < -0.3 is 9.80 Å². The second-order valence-electron chi connectivity index (χ2n) is 4.20. The monoisotopic (exact) mass is 182 g/mol. The first-order valence-corrected chi connectivity index (χ1v) is 5.25. The highest BCUT2D eigenvalue weighted by Crippen LogP contribution is 2.19. The number of likely N-dealkylation sites (tertiary alicyclic amines) is 2. The molecule has 0 aliphatic carbocycles. The average molecular weight is 182 g/mol. The molecule has 0 spiro atoms. The van der Waals surface area contributed by atoms with Crippen molar-refractivity contribution < 1.29 is 4.79 Å². The zero-order chi connectivity index (χ0) is 9.26. The van der Waals surface area contributed by atoms with Gasteiger partial charge >= 0.3 is 0 Å². The van der Waals surface area contributed by atoms with Crippen LogP contribution in [0.1, 0.15) is 25.7 Å². The van der Waals surface area contributed by atoms with E-state index in [4.69, 9.17) is 0 Å². The number of hydrogen-bond donors (Lipinski definition) is 0. The molecule has 0 saturated carbocycles. The van der Waals surface area contributed by atoms with Crippen LogP contribution in [0.4, 0.5) is 0 Å². The Balaban J connectivity index is 1.84. The van der Waals surface area contributed by atoms with Gasteiger partial charge in [0.15, 0.2) is 0 Å². The smallest absolute Gasteiger partial charge is 0.222 e. The molecule has 0 aromatic heterocycles. The fourth-order valence-electron chi connectivity index (χ4n) is 2.34. The van der Waals surface area contributed by atoms with Gasteiger partial charge in [-0.3, -0.25) is 4.79 Å². The van der Waals surface area contributed by atoms with Gasteiger partial charge in [0, 0.05) is 26.1 Å². The van der Waals surface area contributed by atoms with E-state index in [1.807, 2.05) is 11.9 Å². The number of hydrogen-bond acceptors (Lipinski definition) is 2. The Morgan fingerprint density at radius 3 is 2.62 bits per heavy atom. The molecule has 0 radical (unpaired) electrons. The lowest BCUT2D eigenvalue weighted by Crippen LogP contribution is -2.38. The Kier molecular flexibility index (Phi) is 2.54. The van der Waals surface area contributed by atoms with Crippen molar-refractivity contribution in [2.45, 2.75) is 31.7 Å². The lowest BCUT2D eigenvalue weighted by atomic mass is 10.2. The highest BCUT2D eigenvalue weighted by molar-refractivity contribution is 5.78. The summed E-state index contributed by atoms with van der Waals surface area (Å²) in [6.07, 6.45) is 4.50. The third kappa shape index (κ3) is 1.85. The zero-order valence-corrected chi connectivity index (χ0v) is 8.33. The second kappa shape index (κ2) is 3.66. The van der Waals surface area contributed by atoms with Crippen molar-refractivity contribution in [3.05, 3.63) is 0 Å². The molecule has 2 fully saturated rings. The summed E-state index contributed by atoms with van der Waals surface area (Å²) in [5.74, 6) is 0.323. The maximum Gasteiger partial charge on any atom is 0.222 e. The largest absolute Gasteiger partial charge is 0.341 e. The molecule has 1 atom stereocenters. The van der Waals surface area contributed by atoms with Gasteiger partial charge in [-0.25, -0.2) is 0 Å². The van der Waals surface area contributed by atoms with Crippen LogP contribution in [0.25, 0.3) is 0 Å². The SMILES string of the molecule is CN1C(=O)CC[C@H]1CN1CCCC1. The molecule has 2 rings (SSSR count). The van der Waals surface area contributed by atoms with Crippen molar-refractivity contribution in [2.24, 2.45) is 0 Å². The van der Waals surface area contributed by atoms with E-state index in [0.29, 0.717) is 11.9 Å². The summed E-state index contributed by atoms with van der Waals surface area (Å²) in [5.41, 5.74) is 0. The van der Waals surface area contributed by atoms with Gasteiger partial charge in [0.25, 0.3) is 0 Å². The van der Waals surface area contributed by atoms with Crippen molar-refractivity contribution in [2.75, 3.05) is 26.7 Å². The predicted octanol–water partition coefficient (Wildman–Crippen LogP) is 0.703. The Bertz CT molecular complexity index is 199. The first kappa shape index (κ1) is 9.00. The number of likely N-dealkylation sites (N-methyl/N-ethyl adjacent to an activating group) is 1. The molecular weight excluding hydrogens is 164 g/mol. The summed E-state index contributed by atoms with van der Waals surface area (Å²) in [4.78, 5) is 15.7. The third-order valence-corrected chi connectivity index (χ3v) is 3.30. The lowest BCUT2D eigenvalue weighted by Gasteiger charge is -2.25. The molecule has 0 bridgehead atoms. The fraction of sp³-hybridized carbons (Fsp3) is 0.900. The first-order chi connectivity index (χ1) is 6.27. The Hall–Kier alpha value is -0.570. The molecule has 2 heterocycles. The molecule has 1 amide bonds. The molecule has 3 nitrogen and oxygen atoms in total. The summed E-state index contributed by atoms with van der Waals surface area (Å²) in [5, 5.41) is 0. The number of nitrogens with zero attached hydrogens (tertiary/aromatic N) is 2. The molecule has 0 unspecified atom stereocenters. The molecule has 3 heteroatoms. The van der Waals surface area contributed by atoms with Crippen LogP contribution in [-0.2, 0) is 4.79 Å². The minimum Gasteiger partial charge on any atom is -0.341 e. The number of rotatable bonds is 2. The van der Waals surface area contributed by atoms with Crippen LogP contribution >= 0.6 is 0 Å². The second-order valence-corrected chi connectivity index (χ2v) is 4.20. The Labute approximate surface area is 79.7 Å². The summed E-state index contributed by atoms with van der Waals surface area (Å²) < 4.78 is 0. The van der Waals surface area contributed by atoms with Crippen LogP contribution in [0.15, 0.2) is 0 Å². The zero-order valence-electron chi connectivity index (χ0n) is 8.33. The Morgan fingerprint density at radius 2 is 2.08 bits per heavy atom. The van der Waals surface area contributed by atoms with E-state index in [9.17, 15) is 4.79 Å². The number of carbonyl (C=O) groups is 1. The van der Waals surface area contributed by atoms with Gasteiger partial charge in [-0.1, -0.05) is 0 Å². The van der Waals surface area contributed by atoms with E-state index in [0.717, 1.165) is 19.4 Å². The predicted molar refractivity (Wildman–Crippen MR) is 51.5 cm³/mol. The summed E-state index contributed by atoms with van der Waals surface area (Å²) in [6.45, 7) is 3.57. The van der Waals surface area contributed by atoms with Crippen molar-refractivity contribution in [3.8, 4) is 0 Å². The van der Waals surface area contributed by atoms with E-state index < -0.39 is 0 Å². The van der Waals surface area contributed by atoms with Gasteiger partial charge in [-0.15, -0.1) is 0 Å². The summed E-state index contributed by atoms with van der Waals surface area (Å²) in [7, 11) is 1.94. The van der Waals surface area contributed by atoms with E-state index in [-0.39, 0.29) is 0 Å². The maximum atomic E-state index is 11.3. The van der Waals surface area contributed by atoms with E-state index in [1.165, 1.54) is 25.9 Å². The highest BCUT2D eigenvalue weighted by Gasteiger charge is 2.29. The normalized spacial score (nSPS) is 30.4. The van der Waals surface area contributed by atoms with Crippen LogP contribution in [-0.4, -0.2) is 48.4 Å². The highest BCUT2D eigenvalue weighted by atomic mass is 16.2. The molecule has 0 N–H and O–H groups in total. The summed E-state index contributed by atoms with van der Waals surface area (Å²) >= 11 is 0. The van der Waals surface area contributed by atoms with Crippen molar-refractivity contribution in [1.82, 2.24) is 9.80 Å². The van der Waals surface area contributed by atoms with Crippen LogP contribution in [0, 0.1) is 0 Å². The quantitative estimate of drug-likeness (QED) is 0.627. The Morgan fingerprint density at radius 1 is 1.38 bits per heavy atom. The molecule has 2 saturated heterocycles. The van der Waals surface area contributed by atoms with Crippen molar-refractivity contribution >= 4 is 5.91 Å². The van der Waals surface area contributed by atoms with Crippen LogP contribution in [0.3, 0.4) is 0 Å². The molecule has 2 aliphatic heterocycles. The standard InChI is InChI=1S/C10H18N2O/c1-11-9(4-5-10(11)13)8-12-6-2-3-7-12/h9H,2-8H2,1H3/t9-/m0/s1. The van der Waals surface area contributed by atoms with Crippen LogP contribution in [0.5, 0.6) is 0 Å². The third-order valence-electron chi connectivity index (χ3n) is 3.30. The van der Waals surface area contributed by atoms with Crippen molar-refractivity contribution in [3.63, 3.8) is 0 Å². The average Bonchev–Trinajstić information content (AvgIpc) is 2.71. The fourth-order valence-corrected chi connectivity index (χ4v) is 2.34. The minimum atomic E-state index is 0.323. The van der Waals surface area contributed by atoms with Crippen LogP contribution < -0.4 is 0 Å². The molecule has 2 aliphatic rings. The van der Waals surface area contributed by atoms with E-state index in [2.05, 4.69) is 4.90 Å². The topological polar surface area (TPSA) is 23.6 Å². The molecule has 0 aromatic rings. The van der Waals surface area contributed by atoms with Gasteiger partial charge in [-0.2, -0.15) is 0 Å². The summed E-state index contributed by atoms with van der Waals surface area (Å²) in [6, 6.07) is 0.491. The van der Waals surface area contributed by atoms with Crippen molar-refractivity contribution in [1.29, 1.82) is 0 Å². The molecule has 74 valence electrons. The van der Waals surface area contributed by atoms with E-state index in [1.54, 1.807) is 0 Å². The van der Waals surface area contributed by atoms with Gasteiger partial charge in [0.05, 0.1) is 0 Å². The molecule has 0 aromatic carbocycles. The van der Waals surface area contributed by atoms with Gasteiger partial charge in [-0.05, 0) is 32.4 Å². The van der Waals surface area contributed by atoms with E-state index >= 15 is 0 Å². The molecular formula is C10H18N2O.